The normalized spacial score (nSPS) is 12.2. The Labute approximate surface area is 96.4 Å². The molecule has 0 aromatic rings. The molecule has 0 aromatic carbocycles. The Morgan fingerprint density at radius 1 is 1.38 bits per heavy atom. The van der Waals surface area contributed by atoms with Crippen molar-refractivity contribution in [3.63, 3.8) is 0 Å². The van der Waals surface area contributed by atoms with Gasteiger partial charge in [-0.1, -0.05) is 6.92 Å². The predicted octanol–water partition coefficient (Wildman–Crippen LogP) is 0.982. The number of nitrogens with zero attached hydrogens (tertiary/aromatic N) is 1. The quantitative estimate of drug-likeness (QED) is 0.632. The summed E-state index contributed by atoms with van der Waals surface area (Å²) < 4.78 is 5.14. The maximum absolute atomic E-state index is 11.6. The van der Waals surface area contributed by atoms with Crippen LogP contribution in [0, 0.1) is 5.92 Å². The molecular formula is C11H21NO4. The average molecular weight is 231 g/mol. The third-order valence-electron chi connectivity index (χ3n) is 2.25. The summed E-state index contributed by atoms with van der Waals surface area (Å²) in [5, 5.41) is 8.56. The zero-order chi connectivity index (χ0) is 12.6. The summed E-state index contributed by atoms with van der Waals surface area (Å²) in [5.41, 5.74) is 0. The number of amides is 1. The minimum Gasteiger partial charge on any atom is -0.481 e. The van der Waals surface area contributed by atoms with Gasteiger partial charge in [0, 0.05) is 33.0 Å². The summed E-state index contributed by atoms with van der Waals surface area (Å²) in [6.07, 6.45) is 0.306. The lowest BCUT2D eigenvalue weighted by molar-refractivity contribution is -0.138. The van der Waals surface area contributed by atoms with E-state index in [1.165, 1.54) is 0 Å². The summed E-state index contributed by atoms with van der Waals surface area (Å²) in [6, 6.07) is 0. The van der Waals surface area contributed by atoms with Crippen LogP contribution in [0.3, 0.4) is 0 Å². The molecule has 0 fully saturated rings. The molecule has 94 valence electrons. The molecule has 0 heterocycles. The largest absolute Gasteiger partial charge is 0.481 e. The van der Waals surface area contributed by atoms with Crippen LogP contribution in [-0.2, 0) is 14.3 Å². The highest BCUT2D eigenvalue weighted by molar-refractivity contribution is 5.77. The zero-order valence-corrected chi connectivity index (χ0v) is 10.2. The Balaban J connectivity index is 3.81. The summed E-state index contributed by atoms with van der Waals surface area (Å²) in [6.45, 7) is 5.37. The lowest BCUT2D eigenvalue weighted by atomic mass is 10.0. The number of ether oxygens (including phenoxy) is 1. The molecule has 0 aromatic heterocycles. The molecule has 1 amide bonds. The monoisotopic (exact) mass is 231 g/mol. The van der Waals surface area contributed by atoms with Crippen LogP contribution in [0.5, 0.6) is 0 Å². The van der Waals surface area contributed by atoms with Gasteiger partial charge in [0.05, 0.1) is 6.61 Å². The van der Waals surface area contributed by atoms with E-state index < -0.39 is 5.97 Å². The molecule has 5 nitrogen and oxygen atoms in total. The molecule has 0 spiro atoms. The van der Waals surface area contributed by atoms with Gasteiger partial charge in [-0.25, -0.2) is 0 Å². The Hall–Kier alpha value is -1.10. The van der Waals surface area contributed by atoms with Crippen LogP contribution in [0.1, 0.15) is 26.7 Å². The van der Waals surface area contributed by atoms with Crippen molar-refractivity contribution in [3.8, 4) is 0 Å². The maximum Gasteiger partial charge on any atom is 0.303 e. The van der Waals surface area contributed by atoms with Gasteiger partial charge in [0.1, 0.15) is 0 Å². The van der Waals surface area contributed by atoms with Gasteiger partial charge in [-0.15, -0.1) is 0 Å². The number of aliphatic carboxylic acids is 1. The first-order valence-electron chi connectivity index (χ1n) is 5.50. The van der Waals surface area contributed by atoms with E-state index in [0.717, 1.165) is 0 Å². The number of carbonyl (C=O) groups is 2. The Kier molecular flexibility index (Phi) is 7.54. The van der Waals surface area contributed by atoms with Crippen molar-refractivity contribution in [3.05, 3.63) is 0 Å². The van der Waals surface area contributed by atoms with E-state index in [0.29, 0.717) is 19.8 Å². The van der Waals surface area contributed by atoms with E-state index in [-0.39, 0.29) is 24.7 Å². The van der Waals surface area contributed by atoms with E-state index in [2.05, 4.69) is 0 Å². The van der Waals surface area contributed by atoms with Crippen LogP contribution >= 0.6 is 0 Å². The van der Waals surface area contributed by atoms with Crippen LogP contribution in [0.4, 0.5) is 0 Å². The fraction of sp³-hybridized carbons (Fsp3) is 0.818. The fourth-order valence-electron chi connectivity index (χ4n) is 1.29. The number of carboxylic acid groups (broad SMARTS) is 1. The summed E-state index contributed by atoms with van der Waals surface area (Å²) >= 11 is 0. The highest BCUT2D eigenvalue weighted by Gasteiger charge is 2.15. The predicted molar refractivity (Wildman–Crippen MR) is 60.2 cm³/mol. The van der Waals surface area contributed by atoms with Gasteiger partial charge in [0.2, 0.25) is 5.91 Å². The van der Waals surface area contributed by atoms with Gasteiger partial charge in [-0.2, -0.15) is 0 Å². The maximum atomic E-state index is 11.6. The first-order chi connectivity index (χ1) is 7.47. The highest BCUT2D eigenvalue weighted by atomic mass is 16.5. The molecule has 0 aliphatic carbocycles. The van der Waals surface area contributed by atoms with Crippen molar-refractivity contribution in [2.24, 2.45) is 5.92 Å². The average Bonchev–Trinajstić information content (AvgIpc) is 2.16. The van der Waals surface area contributed by atoms with Crippen LogP contribution in [-0.4, -0.2) is 48.7 Å². The van der Waals surface area contributed by atoms with E-state index in [1.807, 2.05) is 6.92 Å². The molecule has 0 saturated heterocycles. The van der Waals surface area contributed by atoms with Crippen molar-refractivity contribution in [1.29, 1.82) is 0 Å². The SMILES string of the molecule is CCOCCN(C)C(=O)CC(C)CC(=O)O. The second-order valence-electron chi connectivity index (χ2n) is 3.92. The Bertz CT molecular complexity index is 230. The Morgan fingerprint density at radius 2 is 2.00 bits per heavy atom. The lowest BCUT2D eigenvalue weighted by Gasteiger charge is -2.18. The van der Waals surface area contributed by atoms with E-state index >= 15 is 0 Å². The van der Waals surface area contributed by atoms with E-state index in [4.69, 9.17) is 9.84 Å². The highest BCUT2D eigenvalue weighted by Crippen LogP contribution is 2.09. The molecule has 1 unspecified atom stereocenters. The standard InChI is InChI=1S/C11H21NO4/c1-4-16-6-5-12(3)10(13)7-9(2)8-11(14)15/h9H,4-8H2,1-3H3,(H,14,15). The number of carboxylic acids is 1. The number of carbonyl (C=O) groups excluding carboxylic acids is 1. The molecule has 0 rings (SSSR count). The van der Waals surface area contributed by atoms with Crippen LogP contribution in [0.15, 0.2) is 0 Å². The minimum absolute atomic E-state index is 0.0328. The minimum atomic E-state index is -0.864. The number of rotatable bonds is 8. The topological polar surface area (TPSA) is 66.8 Å². The molecule has 0 aliphatic rings. The van der Waals surface area contributed by atoms with Crippen molar-refractivity contribution >= 4 is 11.9 Å². The summed E-state index contributed by atoms with van der Waals surface area (Å²) in [5.74, 6) is -1.02. The van der Waals surface area contributed by atoms with Crippen LogP contribution in [0.25, 0.3) is 0 Å². The van der Waals surface area contributed by atoms with Crippen molar-refractivity contribution in [2.45, 2.75) is 26.7 Å². The van der Waals surface area contributed by atoms with Gasteiger partial charge >= 0.3 is 5.97 Å². The summed E-state index contributed by atoms with van der Waals surface area (Å²) in [4.78, 5) is 23.6. The molecular weight excluding hydrogens is 210 g/mol. The van der Waals surface area contributed by atoms with Crippen molar-refractivity contribution < 1.29 is 19.4 Å². The first kappa shape index (κ1) is 14.9. The van der Waals surface area contributed by atoms with E-state index in [9.17, 15) is 9.59 Å². The third-order valence-corrected chi connectivity index (χ3v) is 2.25. The number of likely N-dealkylation sites (N-methyl/N-ethyl adjacent to an activating group) is 1. The van der Waals surface area contributed by atoms with Gasteiger partial charge < -0.3 is 14.7 Å². The molecule has 0 aliphatic heterocycles. The smallest absolute Gasteiger partial charge is 0.303 e. The van der Waals surface area contributed by atoms with Crippen LogP contribution < -0.4 is 0 Å². The third kappa shape index (κ3) is 7.23. The van der Waals surface area contributed by atoms with Gasteiger partial charge in [-0.3, -0.25) is 9.59 Å². The Morgan fingerprint density at radius 3 is 2.50 bits per heavy atom. The summed E-state index contributed by atoms with van der Waals surface area (Å²) in [7, 11) is 1.70. The molecule has 0 saturated carbocycles. The molecule has 1 atom stereocenters. The van der Waals surface area contributed by atoms with Gasteiger partial charge in [-0.05, 0) is 12.8 Å². The van der Waals surface area contributed by atoms with Gasteiger partial charge in [0.15, 0.2) is 0 Å². The zero-order valence-electron chi connectivity index (χ0n) is 10.2. The molecule has 16 heavy (non-hydrogen) atoms. The number of hydrogen-bond donors (Lipinski definition) is 1. The van der Waals surface area contributed by atoms with E-state index in [1.54, 1.807) is 18.9 Å². The molecule has 0 radical (unpaired) electrons. The van der Waals surface area contributed by atoms with Crippen molar-refractivity contribution in [2.75, 3.05) is 26.8 Å². The molecule has 5 heteroatoms. The first-order valence-corrected chi connectivity index (χ1v) is 5.50. The lowest BCUT2D eigenvalue weighted by Crippen LogP contribution is -2.31. The molecule has 1 N–H and O–H groups in total. The van der Waals surface area contributed by atoms with Crippen molar-refractivity contribution in [1.82, 2.24) is 4.90 Å². The van der Waals surface area contributed by atoms with Gasteiger partial charge in [0.25, 0.3) is 0 Å². The second kappa shape index (κ2) is 8.10. The second-order valence-corrected chi connectivity index (χ2v) is 3.92. The fourth-order valence-corrected chi connectivity index (χ4v) is 1.29. The molecule has 0 bridgehead atoms. The number of hydrogen-bond acceptors (Lipinski definition) is 3. The van der Waals surface area contributed by atoms with Crippen LogP contribution in [0.2, 0.25) is 0 Å².